The Balaban J connectivity index is 2.71. The fraction of sp³-hybridized carbons (Fsp3) is 0.692. The van der Waals surface area contributed by atoms with E-state index in [1.807, 2.05) is 11.9 Å². The third-order valence-corrected chi connectivity index (χ3v) is 2.99. The molecule has 0 aliphatic heterocycles. The second-order valence-electron chi connectivity index (χ2n) is 4.70. The Morgan fingerprint density at radius 2 is 2.32 bits per heavy atom. The van der Waals surface area contributed by atoms with Crippen molar-refractivity contribution in [1.29, 1.82) is 0 Å². The number of aromatic nitrogens is 2. The lowest BCUT2D eigenvalue weighted by Gasteiger charge is -2.19. The molecule has 0 spiro atoms. The molecule has 0 aliphatic rings. The Labute approximate surface area is 114 Å². The predicted octanol–water partition coefficient (Wildman–Crippen LogP) is 0.453. The SMILES string of the molecule is CCCC(N)Cn1ncc(N(C)CCOC)cc1=O. The highest BCUT2D eigenvalue weighted by Gasteiger charge is 2.07. The molecular formula is C13H24N4O2. The van der Waals surface area contributed by atoms with Crippen LogP contribution < -0.4 is 16.2 Å². The van der Waals surface area contributed by atoms with E-state index in [4.69, 9.17) is 10.5 Å². The average molecular weight is 268 g/mol. The molecule has 0 saturated carbocycles. The molecule has 6 nitrogen and oxygen atoms in total. The number of hydrogen-bond acceptors (Lipinski definition) is 5. The van der Waals surface area contributed by atoms with E-state index < -0.39 is 0 Å². The van der Waals surface area contributed by atoms with Gasteiger partial charge in [0.2, 0.25) is 0 Å². The van der Waals surface area contributed by atoms with Gasteiger partial charge in [-0.15, -0.1) is 0 Å². The Hall–Kier alpha value is -1.40. The maximum atomic E-state index is 11.9. The number of ether oxygens (including phenoxy) is 1. The standard InChI is InChI=1S/C13H24N4O2/c1-4-5-11(14)10-17-13(18)8-12(9-15-17)16(2)6-7-19-3/h8-9,11H,4-7,10,14H2,1-3H3. The van der Waals surface area contributed by atoms with Gasteiger partial charge in [-0.2, -0.15) is 5.10 Å². The summed E-state index contributed by atoms with van der Waals surface area (Å²) in [6.45, 7) is 3.87. The summed E-state index contributed by atoms with van der Waals surface area (Å²) < 4.78 is 6.43. The molecule has 0 bridgehead atoms. The first-order valence-electron chi connectivity index (χ1n) is 6.61. The number of anilines is 1. The van der Waals surface area contributed by atoms with Crippen molar-refractivity contribution in [1.82, 2.24) is 9.78 Å². The molecule has 1 unspecified atom stereocenters. The van der Waals surface area contributed by atoms with Crippen molar-refractivity contribution < 1.29 is 4.74 Å². The number of rotatable bonds is 8. The summed E-state index contributed by atoms with van der Waals surface area (Å²) in [5, 5.41) is 4.17. The van der Waals surface area contributed by atoms with Crippen molar-refractivity contribution in [2.75, 3.05) is 32.2 Å². The molecule has 0 fully saturated rings. The quantitative estimate of drug-likeness (QED) is 0.741. The summed E-state index contributed by atoms with van der Waals surface area (Å²) >= 11 is 0. The average Bonchev–Trinajstić information content (AvgIpc) is 2.38. The van der Waals surface area contributed by atoms with Gasteiger partial charge in [-0.1, -0.05) is 13.3 Å². The molecule has 19 heavy (non-hydrogen) atoms. The van der Waals surface area contributed by atoms with Crippen LogP contribution in [-0.2, 0) is 11.3 Å². The van der Waals surface area contributed by atoms with Crippen LogP contribution in [0.1, 0.15) is 19.8 Å². The molecule has 1 rings (SSSR count). The summed E-state index contributed by atoms with van der Waals surface area (Å²) in [5.41, 5.74) is 6.60. The highest BCUT2D eigenvalue weighted by atomic mass is 16.5. The van der Waals surface area contributed by atoms with Gasteiger partial charge in [-0.25, -0.2) is 4.68 Å². The van der Waals surface area contributed by atoms with Crippen molar-refractivity contribution in [2.45, 2.75) is 32.4 Å². The molecule has 1 aromatic heterocycles. The molecule has 0 radical (unpaired) electrons. The minimum Gasteiger partial charge on any atom is -0.383 e. The summed E-state index contributed by atoms with van der Waals surface area (Å²) in [6, 6.07) is 1.56. The van der Waals surface area contributed by atoms with Gasteiger partial charge in [0.25, 0.3) is 5.56 Å². The number of methoxy groups -OCH3 is 1. The van der Waals surface area contributed by atoms with E-state index in [2.05, 4.69) is 12.0 Å². The van der Waals surface area contributed by atoms with Gasteiger partial charge in [-0.05, 0) is 6.42 Å². The lowest BCUT2D eigenvalue weighted by molar-refractivity contribution is 0.206. The van der Waals surface area contributed by atoms with Crippen LogP contribution in [0.4, 0.5) is 5.69 Å². The summed E-state index contributed by atoms with van der Waals surface area (Å²) in [4.78, 5) is 13.9. The lowest BCUT2D eigenvalue weighted by Crippen LogP contribution is -2.34. The predicted molar refractivity (Wildman–Crippen MR) is 76.5 cm³/mol. The Morgan fingerprint density at radius 1 is 1.58 bits per heavy atom. The minimum atomic E-state index is -0.117. The monoisotopic (exact) mass is 268 g/mol. The van der Waals surface area contributed by atoms with Crippen LogP contribution in [0.25, 0.3) is 0 Å². The lowest BCUT2D eigenvalue weighted by atomic mass is 10.2. The minimum absolute atomic E-state index is 0.0210. The molecule has 1 aromatic rings. The van der Waals surface area contributed by atoms with Crippen LogP contribution in [0.5, 0.6) is 0 Å². The third-order valence-electron chi connectivity index (χ3n) is 2.99. The van der Waals surface area contributed by atoms with Crippen molar-refractivity contribution in [2.24, 2.45) is 5.73 Å². The smallest absolute Gasteiger partial charge is 0.268 e. The van der Waals surface area contributed by atoms with Crippen LogP contribution in [0.2, 0.25) is 0 Å². The first kappa shape index (κ1) is 15.7. The van der Waals surface area contributed by atoms with Crippen molar-refractivity contribution in [3.05, 3.63) is 22.6 Å². The van der Waals surface area contributed by atoms with Gasteiger partial charge in [0.1, 0.15) is 0 Å². The Morgan fingerprint density at radius 3 is 2.89 bits per heavy atom. The number of likely N-dealkylation sites (N-methyl/N-ethyl adjacent to an activating group) is 1. The fourth-order valence-corrected chi connectivity index (χ4v) is 1.81. The molecule has 1 heterocycles. The van der Waals surface area contributed by atoms with E-state index >= 15 is 0 Å². The maximum Gasteiger partial charge on any atom is 0.268 e. The second kappa shape index (κ2) is 7.91. The van der Waals surface area contributed by atoms with E-state index in [9.17, 15) is 4.79 Å². The number of nitrogens with zero attached hydrogens (tertiary/aromatic N) is 3. The van der Waals surface area contributed by atoms with Gasteiger partial charge in [-0.3, -0.25) is 4.79 Å². The Bertz CT molecular complexity index is 433. The van der Waals surface area contributed by atoms with Crippen molar-refractivity contribution in [3.8, 4) is 0 Å². The van der Waals surface area contributed by atoms with E-state index in [0.29, 0.717) is 13.2 Å². The normalized spacial score (nSPS) is 12.4. The highest BCUT2D eigenvalue weighted by molar-refractivity contribution is 5.41. The second-order valence-corrected chi connectivity index (χ2v) is 4.70. The summed E-state index contributed by atoms with van der Waals surface area (Å²) in [5.74, 6) is 0. The summed E-state index contributed by atoms with van der Waals surface area (Å²) in [6.07, 6.45) is 3.59. The zero-order valence-corrected chi connectivity index (χ0v) is 12.0. The van der Waals surface area contributed by atoms with Crippen LogP contribution in [0.3, 0.4) is 0 Å². The highest BCUT2D eigenvalue weighted by Crippen LogP contribution is 2.06. The van der Waals surface area contributed by atoms with E-state index in [0.717, 1.165) is 25.1 Å². The molecule has 0 aliphatic carbocycles. The number of nitrogens with two attached hydrogens (primary N) is 1. The van der Waals surface area contributed by atoms with Crippen molar-refractivity contribution >= 4 is 5.69 Å². The zero-order chi connectivity index (χ0) is 14.3. The van der Waals surface area contributed by atoms with Gasteiger partial charge in [0, 0.05) is 32.8 Å². The fourth-order valence-electron chi connectivity index (χ4n) is 1.81. The van der Waals surface area contributed by atoms with Gasteiger partial charge >= 0.3 is 0 Å². The van der Waals surface area contributed by atoms with Crippen LogP contribution >= 0.6 is 0 Å². The van der Waals surface area contributed by atoms with Crippen molar-refractivity contribution in [3.63, 3.8) is 0 Å². The van der Waals surface area contributed by atoms with E-state index in [-0.39, 0.29) is 11.6 Å². The van der Waals surface area contributed by atoms with Crippen LogP contribution in [-0.4, -0.2) is 43.1 Å². The first-order valence-corrected chi connectivity index (χ1v) is 6.61. The van der Waals surface area contributed by atoms with E-state index in [1.54, 1.807) is 19.4 Å². The Kier molecular flexibility index (Phi) is 6.52. The molecule has 6 heteroatoms. The van der Waals surface area contributed by atoms with Gasteiger partial charge < -0.3 is 15.4 Å². The number of hydrogen-bond donors (Lipinski definition) is 1. The van der Waals surface area contributed by atoms with Crippen LogP contribution in [0, 0.1) is 0 Å². The molecule has 1 atom stereocenters. The molecule has 2 N–H and O–H groups in total. The topological polar surface area (TPSA) is 73.4 Å². The zero-order valence-electron chi connectivity index (χ0n) is 12.0. The molecule has 0 amide bonds. The molecule has 0 aromatic carbocycles. The summed E-state index contributed by atoms with van der Waals surface area (Å²) in [7, 11) is 3.56. The maximum absolute atomic E-state index is 11.9. The largest absolute Gasteiger partial charge is 0.383 e. The first-order chi connectivity index (χ1) is 9.08. The van der Waals surface area contributed by atoms with Gasteiger partial charge in [0.15, 0.2) is 0 Å². The van der Waals surface area contributed by atoms with E-state index in [1.165, 1.54) is 4.68 Å². The molecular weight excluding hydrogens is 244 g/mol. The molecule has 0 saturated heterocycles. The van der Waals surface area contributed by atoms with Gasteiger partial charge in [0.05, 0.1) is 25.0 Å². The van der Waals surface area contributed by atoms with Crippen LogP contribution in [0.15, 0.2) is 17.1 Å². The third kappa shape index (κ3) is 5.00. The molecule has 108 valence electrons.